The first kappa shape index (κ1) is 19.6. The standard InChI is InChI=1S/C23H22N4O3/c1-30-23(29)18-9-6-17(7-10-18)8-11-22(28)27-14-12-26(13-15-27)21-16-24-19-4-2-3-5-20(19)25-21/h2-11,16H,12-15H2,1H3/b11-8+. The Labute approximate surface area is 174 Å². The molecule has 2 aromatic carbocycles. The molecule has 3 aromatic rings. The van der Waals surface area contributed by atoms with Gasteiger partial charge in [-0.1, -0.05) is 24.3 Å². The number of methoxy groups -OCH3 is 1. The average molecular weight is 402 g/mol. The Hall–Kier alpha value is -3.74. The summed E-state index contributed by atoms with van der Waals surface area (Å²) < 4.78 is 4.69. The van der Waals surface area contributed by atoms with Gasteiger partial charge in [0.15, 0.2) is 0 Å². The van der Waals surface area contributed by atoms with Gasteiger partial charge >= 0.3 is 5.97 Å². The second-order valence-corrected chi connectivity index (χ2v) is 6.98. The lowest BCUT2D eigenvalue weighted by atomic mass is 10.1. The largest absolute Gasteiger partial charge is 0.465 e. The summed E-state index contributed by atoms with van der Waals surface area (Å²) in [5.41, 5.74) is 3.07. The molecule has 1 aliphatic heterocycles. The minimum Gasteiger partial charge on any atom is -0.465 e. The molecule has 0 unspecified atom stereocenters. The van der Waals surface area contributed by atoms with Gasteiger partial charge in [0.05, 0.1) is 29.9 Å². The molecule has 0 aliphatic carbocycles. The third kappa shape index (κ3) is 4.30. The van der Waals surface area contributed by atoms with E-state index in [0.717, 1.165) is 22.4 Å². The normalized spacial score (nSPS) is 14.3. The molecule has 0 bridgehead atoms. The molecule has 0 spiro atoms. The molecule has 1 aromatic heterocycles. The van der Waals surface area contributed by atoms with Crippen molar-refractivity contribution < 1.29 is 14.3 Å². The van der Waals surface area contributed by atoms with Gasteiger partial charge in [0, 0.05) is 32.3 Å². The number of carbonyl (C=O) groups is 2. The first-order valence-electron chi connectivity index (χ1n) is 9.76. The molecule has 30 heavy (non-hydrogen) atoms. The van der Waals surface area contributed by atoms with E-state index in [1.807, 2.05) is 29.2 Å². The monoisotopic (exact) mass is 402 g/mol. The highest BCUT2D eigenvalue weighted by Crippen LogP contribution is 2.17. The van der Waals surface area contributed by atoms with Crippen LogP contribution in [-0.4, -0.2) is 60.0 Å². The van der Waals surface area contributed by atoms with E-state index < -0.39 is 0 Å². The van der Waals surface area contributed by atoms with Gasteiger partial charge in [-0.05, 0) is 35.9 Å². The Morgan fingerprint density at radius 1 is 0.967 bits per heavy atom. The Bertz CT molecular complexity index is 1090. The van der Waals surface area contributed by atoms with E-state index in [4.69, 9.17) is 0 Å². The van der Waals surface area contributed by atoms with Gasteiger partial charge in [0.25, 0.3) is 0 Å². The molecular weight excluding hydrogens is 380 g/mol. The van der Waals surface area contributed by atoms with Gasteiger partial charge in [0.1, 0.15) is 5.82 Å². The number of carbonyl (C=O) groups excluding carboxylic acids is 2. The maximum atomic E-state index is 12.5. The lowest BCUT2D eigenvalue weighted by Gasteiger charge is -2.34. The second-order valence-electron chi connectivity index (χ2n) is 6.98. The van der Waals surface area contributed by atoms with Gasteiger partial charge in [-0.2, -0.15) is 0 Å². The van der Waals surface area contributed by atoms with Crippen LogP contribution in [0.3, 0.4) is 0 Å². The Balaban J connectivity index is 1.34. The molecule has 2 heterocycles. The van der Waals surface area contributed by atoms with Crippen LogP contribution in [0.15, 0.2) is 60.8 Å². The van der Waals surface area contributed by atoms with Crippen molar-refractivity contribution in [2.45, 2.75) is 0 Å². The van der Waals surface area contributed by atoms with Crippen LogP contribution in [-0.2, 0) is 9.53 Å². The van der Waals surface area contributed by atoms with Crippen molar-refractivity contribution in [2.24, 2.45) is 0 Å². The number of hydrogen-bond donors (Lipinski definition) is 0. The van der Waals surface area contributed by atoms with Crippen molar-refractivity contribution in [2.75, 3.05) is 38.2 Å². The number of piperazine rings is 1. The quantitative estimate of drug-likeness (QED) is 0.493. The number of anilines is 1. The molecular formula is C23H22N4O3. The van der Waals surface area contributed by atoms with Crippen molar-refractivity contribution in [3.8, 4) is 0 Å². The van der Waals surface area contributed by atoms with Gasteiger partial charge in [0.2, 0.25) is 5.91 Å². The smallest absolute Gasteiger partial charge is 0.337 e. The summed E-state index contributed by atoms with van der Waals surface area (Å²) in [5, 5.41) is 0. The summed E-state index contributed by atoms with van der Waals surface area (Å²) >= 11 is 0. The van der Waals surface area contributed by atoms with E-state index in [1.54, 1.807) is 42.6 Å². The number of esters is 1. The van der Waals surface area contributed by atoms with Gasteiger partial charge in [-0.25, -0.2) is 9.78 Å². The minimum atomic E-state index is -0.379. The van der Waals surface area contributed by atoms with Crippen LogP contribution in [0.4, 0.5) is 5.82 Å². The topological polar surface area (TPSA) is 75.6 Å². The summed E-state index contributed by atoms with van der Waals surface area (Å²) in [5.74, 6) is 0.425. The molecule has 152 valence electrons. The second kappa shape index (κ2) is 8.73. The number of aromatic nitrogens is 2. The first-order valence-corrected chi connectivity index (χ1v) is 9.76. The predicted octanol–water partition coefficient (Wildman–Crippen LogP) is 2.78. The SMILES string of the molecule is COC(=O)c1ccc(/C=C/C(=O)N2CCN(c3cnc4ccccc4n3)CC2)cc1. The fourth-order valence-electron chi connectivity index (χ4n) is 3.38. The fraction of sp³-hybridized carbons (Fsp3) is 0.217. The molecule has 1 fully saturated rings. The third-order valence-corrected chi connectivity index (χ3v) is 5.10. The summed E-state index contributed by atoms with van der Waals surface area (Å²) in [6.45, 7) is 2.67. The van der Waals surface area contributed by atoms with Crippen LogP contribution in [0.2, 0.25) is 0 Å². The molecule has 1 amide bonds. The Morgan fingerprint density at radius 2 is 1.67 bits per heavy atom. The molecule has 4 rings (SSSR count). The lowest BCUT2D eigenvalue weighted by molar-refractivity contribution is -0.126. The Morgan fingerprint density at radius 3 is 2.37 bits per heavy atom. The van der Waals surface area contributed by atoms with Crippen molar-refractivity contribution in [3.05, 3.63) is 71.9 Å². The van der Waals surface area contributed by atoms with Crippen molar-refractivity contribution >= 4 is 34.8 Å². The molecule has 0 atom stereocenters. The van der Waals surface area contributed by atoms with Crippen molar-refractivity contribution in [1.82, 2.24) is 14.9 Å². The molecule has 1 saturated heterocycles. The number of hydrogen-bond acceptors (Lipinski definition) is 6. The fourth-order valence-corrected chi connectivity index (χ4v) is 3.38. The van der Waals surface area contributed by atoms with Gasteiger partial charge < -0.3 is 14.5 Å². The number of benzene rings is 2. The minimum absolute atomic E-state index is 0.0312. The highest BCUT2D eigenvalue weighted by Gasteiger charge is 2.21. The first-order chi connectivity index (χ1) is 14.6. The number of para-hydroxylation sites is 2. The zero-order valence-electron chi connectivity index (χ0n) is 16.7. The van der Waals surface area contributed by atoms with Crippen LogP contribution in [0.1, 0.15) is 15.9 Å². The summed E-state index contributed by atoms with van der Waals surface area (Å²) in [4.78, 5) is 37.1. The molecule has 1 aliphatic rings. The van der Waals surface area contributed by atoms with Crippen LogP contribution in [0.5, 0.6) is 0 Å². The van der Waals surface area contributed by atoms with E-state index in [-0.39, 0.29) is 11.9 Å². The van der Waals surface area contributed by atoms with E-state index in [0.29, 0.717) is 31.7 Å². The number of ether oxygens (including phenoxy) is 1. The van der Waals surface area contributed by atoms with E-state index in [1.165, 1.54) is 7.11 Å². The highest BCUT2D eigenvalue weighted by molar-refractivity contribution is 5.92. The lowest BCUT2D eigenvalue weighted by Crippen LogP contribution is -2.48. The highest BCUT2D eigenvalue weighted by atomic mass is 16.5. The van der Waals surface area contributed by atoms with Crippen LogP contribution < -0.4 is 4.90 Å². The van der Waals surface area contributed by atoms with E-state index >= 15 is 0 Å². The number of amides is 1. The summed E-state index contributed by atoms with van der Waals surface area (Å²) in [6, 6.07) is 14.7. The van der Waals surface area contributed by atoms with Crippen LogP contribution in [0.25, 0.3) is 17.1 Å². The van der Waals surface area contributed by atoms with Crippen molar-refractivity contribution in [1.29, 1.82) is 0 Å². The maximum Gasteiger partial charge on any atom is 0.337 e. The Kier molecular flexibility index (Phi) is 5.70. The molecule has 7 heteroatoms. The van der Waals surface area contributed by atoms with Crippen molar-refractivity contribution in [3.63, 3.8) is 0 Å². The van der Waals surface area contributed by atoms with Gasteiger partial charge in [-0.15, -0.1) is 0 Å². The zero-order valence-corrected chi connectivity index (χ0v) is 16.7. The van der Waals surface area contributed by atoms with Crippen LogP contribution >= 0.6 is 0 Å². The van der Waals surface area contributed by atoms with E-state index in [9.17, 15) is 9.59 Å². The number of fused-ring (bicyclic) bond motifs is 1. The molecule has 0 N–H and O–H groups in total. The maximum absolute atomic E-state index is 12.5. The summed E-state index contributed by atoms with van der Waals surface area (Å²) in [6.07, 6.45) is 5.11. The average Bonchev–Trinajstić information content (AvgIpc) is 2.82. The number of nitrogens with zero attached hydrogens (tertiary/aromatic N) is 4. The third-order valence-electron chi connectivity index (χ3n) is 5.10. The molecule has 7 nitrogen and oxygen atoms in total. The zero-order chi connectivity index (χ0) is 20.9. The van der Waals surface area contributed by atoms with Crippen LogP contribution in [0, 0.1) is 0 Å². The molecule has 0 radical (unpaired) electrons. The number of rotatable bonds is 4. The van der Waals surface area contributed by atoms with E-state index in [2.05, 4.69) is 19.6 Å². The predicted molar refractivity (Wildman–Crippen MR) is 115 cm³/mol. The molecule has 0 saturated carbocycles. The van der Waals surface area contributed by atoms with Gasteiger partial charge in [-0.3, -0.25) is 9.78 Å². The summed E-state index contributed by atoms with van der Waals surface area (Å²) in [7, 11) is 1.35.